The maximum Gasteiger partial charge on any atom is 0.335 e. The van der Waals surface area contributed by atoms with Crippen LogP contribution >= 0.6 is 11.6 Å². The Balaban J connectivity index is 1.32. The number of anilines is 1. The van der Waals surface area contributed by atoms with Gasteiger partial charge in [-0.25, -0.2) is 14.1 Å². The Morgan fingerprint density at radius 3 is 2.28 bits per heavy atom. The minimum Gasteiger partial charge on any atom is -0.490 e. The van der Waals surface area contributed by atoms with Gasteiger partial charge >= 0.3 is 6.03 Å². The van der Waals surface area contributed by atoms with E-state index in [9.17, 15) is 18.8 Å². The number of urea groups is 1. The smallest absolute Gasteiger partial charge is 0.335 e. The fraction of sp³-hybridized carbons (Fsp3) is 0.121. The first-order valence-electron chi connectivity index (χ1n) is 13.3. The number of barbiturate groups is 1. The Morgan fingerprint density at radius 2 is 1.56 bits per heavy atom. The average molecular weight is 601 g/mol. The van der Waals surface area contributed by atoms with E-state index in [-0.39, 0.29) is 23.7 Å². The van der Waals surface area contributed by atoms with Crippen molar-refractivity contribution >= 4 is 41.2 Å². The third-order valence-electron chi connectivity index (χ3n) is 6.38. The molecule has 1 fully saturated rings. The molecule has 43 heavy (non-hydrogen) atoms. The summed E-state index contributed by atoms with van der Waals surface area (Å²) in [6, 6.07) is 23.7. The third-order valence-corrected chi connectivity index (χ3v) is 6.63. The minimum atomic E-state index is -0.863. The summed E-state index contributed by atoms with van der Waals surface area (Å²) in [6.45, 7) is 2.55. The lowest BCUT2D eigenvalue weighted by Gasteiger charge is -2.26. The van der Waals surface area contributed by atoms with Crippen LogP contribution in [0, 0.1) is 5.82 Å². The second kappa shape index (κ2) is 13.2. The standard InChI is InChI=1S/C33H26ClFN2O6/c1-2-41-30-18-22(8-15-29(30)43-20-23-4-3-5-25(35)16-23)17-28-31(38)36-33(40)37(32(28)39)26-11-13-27(14-12-26)42-19-21-6-9-24(34)10-7-21/h3-18H,2,19-20H2,1H3,(H,36,38,40)/b28-17+. The van der Waals surface area contributed by atoms with Crippen LogP contribution in [0.5, 0.6) is 17.2 Å². The molecular weight excluding hydrogens is 575 g/mol. The van der Waals surface area contributed by atoms with Gasteiger partial charge in [0.05, 0.1) is 12.3 Å². The summed E-state index contributed by atoms with van der Waals surface area (Å²) in [4.78, 5) is 39.6. The van der Waals surface area contributed by atoms with Gasteiger partial charge in [-0.05, 0) is 90.4 Å². The molecule has 0 saturated carbocycles. The van der Waals surface area contributed by atoms with E-state index in [0.29, 0.717) is 46.6 Å². The lowest BCUT2D eigenvalue weighted by Crippen LogP contribution is -2.54. The van der Waals surface area contributed by atoms with Crippen LogP contribution in [0.4, 0.5) is 14.9 Å². The maximum atomic E-state index is 13.5. The highest BCUT2D eigenvalue weighted by Crippen LogP contribution is 2.31. The molecule has 218 valence electrons. The Morgan fingerprint density at radius 1 is 0.814 bits per heavy atom. The number of carbonyl (C=O) groups excluding carboxylic acids is 3. The molecule has 1 aliphatic heterocycles. The summed E-state index contributed by atoms with van der Waals surface area (Å²) in [6.07, 6.45) is 1.37. The van der Waals surface area contributed by atoms with Crippen molar-refractivity contribution in [2.24, 2.45) is 0 Å². The maximum absolute atomic E-state index is 13.5. The fourth-order valence-electron chi connectivity index (χ4n) is 4.29. The molecule has 0 unspecified atom stereocenters. The normalized spacial score (nSPS) is 14.1. The van der Waals surface area contributed by atoms with Crippen molar-refractivity contribution in [3.05, 3.63) is 124 Å². The van der Waals surface area contributed by atoms with Gasteiger partial charge in [0.15, 0.2) is 11.5 Å². The number of imide groups is 2. The third kappa shape index (κ3) is 7.20. The fourth-order valence-corrected chi connectivity index (χ4v) is 4.41. The summed E-state index contributed by atoms with van der Waals surface area (Å²) < 4.78 is 30.9. The van der Waals surface area contributed by atoms with Gasteiger partial charge < -0.3 is 14.2 Å². The zero-order valence-corrected chi connectivity index (χ0v) is 23.8. The summed E-state index contributed by atoms with van der Waals surface area (Å²) in [5.74, 6) is -0.665. The van der Waals surface area contributed by atoms with Gasteiger partial charge in [-0.2, -0.15) is 0 Å². The molecule has 1 saturated heterocycles. The molecule has 1 N–H and O–H groups in total. The highest BCUT2D eigenvalue weighted by Gasteiger charge is 2.36. The zero-order chi connectivity index (χ0) is 30.3. The molecule has 0 bridgehead atoms. The van der Waals surface area contributed by atoms with E-state index < -0.39 is 17.8 Å². The largest absolute Gasteiger partial charge is 0.490 e. The molecule has 0 spiro atoms. The number of amides is 4. The van der Waals surface area contributed by atoms with Crippen molar-refractivity contribution in [3.63, 3.8) is 0 Å². The monoisotopic (exact) mass is 600 g/mol. The Hall–Kier alpha value is -5.15. The van der Waals surface area contributed by atoms with Gasteiger partial charge in [0.25, 0.3) is 11.8 Å². The Bertz CT molecular complexity index is 1690. The summed E-state index contributed by atoms with van der Waals surface area (Å²) in [7, 11) is 0. The molecule has 4 amide bonds. The van der Waals surface area contributed by atoms with Gasteiger partial charge in [0, 0.05) is 5.02 Å². The van der Waals surface area contributed by atoms with E-state index in [0.717, 1.165) is 10.5 Å². The highest BCUT2D eigenvalue weighted by molar-refractivity contribution is 6.39. The number of hydrogen-bond donors (Lipinski definition) is 1. The van der Waals surface area contributed by atoms with Crippen LogP contribution in [0.25, 0.3) is 6.08 Å². The molecular formula is C33H26ClFN2O6. The molecule has 5 rings (SSSR count). The number of carbonyl (C=O) groups is 3. The van der Waals surface area contributed by atoms with Gasteiger partial charge in [-0.15, -0.1) is 0 Å². The number of nitrogens with zero attached hydrogens (tertiary/aromatic N) is 1. The second-order valence-corrected chi connectivity index (χ2v) is 9.86. The average Bonchev–Trinajstić information content (AvgIpc) is 2.99. The van der Waals surface area contributed by atoms with Crippen molar-refractivity contribution in [2.45, 2.75) is 20.1 Å². The quantitative estimate of drug-likeness (QED) is 0.161. The molecule has 0 atom stereocenters. The van der Waals surface area contributed by atoms with Crippen molar-refractivity contribution in [1.82, 2.24) is 5.32 Å². The van der Waals surface area contributed by atoms with E-state index >= 15 is 0 Å². The highest BCUT2D eigenvalue weighted by atomic mass is 35.5. The lowest BCUT2D eigenvalue weighted by atomic mass is 10.1. The molecule has 1 aliphatic rings. The van der Waals surface area contributed by atoms with Crippen LogP contribution < -0.4 is 24.4 Å². The first-order valence-corrected chi connectivity index (χ1v) is 13.7. The molecule has 10 heteroatoms. The van der Waals surface area contributed by atoms with Crippen LogP contribution in [-0.2, 0) is 22.8 Å². The van der Waals surface area contributed by atoms with Crippen molar-refractivity contribution in [2.75, 3.05) is 11.5 Å². The zero-order valence-electron chi connectivity index (χ0n) is 23.0. The van der Waals surface area contributed by atoms with Crippen LogP contribution in [0.3, 0.4) is 0 Å². The molecule has 4 aromatic carbocycles. The van der Waals surface area contributed by atoms with Crippen LogP contribution in [0.2, 0.25) is 5.02 Å². The number of ether oxygens (including phenoxy) is 3. The molecule has 0 aromatic heterocycles. The summed E-state index contributed by atoms with van der Waals surface area (Å²) in [5.41, 5.74) is 2.06. The number of rotatable bonds is 10. The van der Waals surface area contributed by atoms with Crippen molar-refractivity contribution in [1.29, 1.82) is 0 Å². The number of nitrogens with one attached hydrogen (secondary N) is 1. The van der Waals surface area contributed by atoms with Crippen LogP contribution in [-0.4, -0.2) is 24.5 Å². The van der Waals surface area contributed by atoms with Gasteiger partial charge in [0.2, 0.25) is 0 Å². The van der Waals surface area contributed by atoms with Crippen LogP contribution in [0.1, 0.15) is 23.6 Å². The Kier molecular flexibility index (Phi) is 9.02. The predicted octanol–water partition coefficient (Wildman–Crippen LogP) is 6.70. The predicted molar refractivity (Wildman–Crippen MR) is 160 cm³/mol. The minimum absolute atomic E-state index is 0.112. The van der Waals surface area contributed by atoms with Gasteiger partial charge in [0.1, 0.15) is 30.4 Å². The molecule has 0 aliphatic carbocycles. The number of benzene rings is 4. The number of hydrogen-bond acceptors (Lipinski definition) is 6. The van der Waals surface area contributed by atoms with Crippen molar-refractivity contribution in [3.8, 4) is 17.2 Å². The summed E-state index contributed by atoms with van der Waals surface area (Å²) >= 11 is 5.92. The van der Waals surface area contributed by atoms with E-state index in [1.54, 1.807) is 73.7 Å². The first-order chi connectivity index (χ1) is 20.8. The topological polar surface area (TPSA) is 94.2 Å². The van der Waals surface area contributed by atoms with Crippen LogP contribution in [0.15, 0.2) is 96.6 Å². The summed E-state index contributed by atoms with van der Waals surface area (Å²) in [5, 5.41) is 2.85. The first kappa shape index (κ1) is 29.3. The molecule has 4 aromatic rings. The van der Waals surface area contributed by atoms with Gasteiger partial charge in [-0.1, -0.05) is 41.9 Å². The van der Waals surface area contributed by atoms with E-state index in [1.807, 2.05) is 12.1 Å². The second-order valence-electron chi connectivity index (χ2n) is 9.42. The van der Waals surface area contributed by atoms with E-state index in [4.69, 9.17) is 25.8 Å². The van der Waals surface area contributed by atoms with Gasteiger partial charge in [-0.3, -0.25) is 14.9 Å². The van der Waals surface area contributed by atoms with Crippen molar-refractivity contribution < 1.29 is 33.0 Å². The Labute approximate surface area is 252 Å². The number of halogens is 2. The molecule has 0 radical (unpaired) electrons. The van der Waals surface area contributed by atoms with E-state index in [2.05, 4.69) is 5.32 Å². The lowest BCUT2D eigenvalue weighted by molar-refractivity contribution is -0.122. The molecule has 1 heterocycles. The molecule has 8 nitrogen and oxygen atoms in total. The SMILES string of the molecule is CCOc1cc(/C=C2\C(=O)NC(=O)N(c3ccc(OCc4ccc(Cl)cc4)cc3)C2=O)ccc1OCc1cccc(F)c1. The van der Waals surface area contributed by atoms with E-state index in [1.165, 1.54) is 18.2 Å².